The third-order valence-electron chi connectivity index (χ3n) is 2.73. The van der Waals surface area contributed by atoms with Crippen LogP contribution in [0.25, 0.3) is 0 Å². The van der Waals surface area contributed by atoms with Gasteiger partial charge in [0.15, 0.2) is 0 Å². The molecule has 0 aliphatic rings. The van der Waals surface area contributed by atoms with Crippen molar-refractivity contribution >= 4 is 18.4 Å². The average Bonchev–Trinajstić information content (AvgIpc) is 2.55. The number of allylic oxidation sites excluding steroid dienone is 4. The second-order valence-corrected chi connectivity index (χ2v) is 4.58. The van der Waals surface area contributed by atoms with Gasteiger partial charge >= 0.3 is 0 Å². The van der Waals surface area contributed by atoms with Crippen molar-refractivity contribution in [1.82, 2.24) is 10.2 Å². The quantitative estimate of drug-likeness (QED) is 0.535. The molecule has 128 valence electrons. The van der Waals surface area contributed by atoms with E-state index in [2.05, 4.69) is 23.4 Å². The highest BCUT2D eigenvalue weighted by atomic mass is 35.5. The number of H-pyrrole nitrogens is 2. The van der Waals surface area contributed by atoms with Crippen LogP contribution in [0, 0.1) is 6.92 Å². The molecule has 0 aliphatic heterocycles. The molecule has 1 rings (SSSR count). The van der Waals surface area contributed by atoms with E-state index in [1.54, 1.807) is 18.5 Å². The number of halogens is 3. The van der Waals surface area contributed by atoms with Crippen molar-refractivity contribution in [2.75, 3.05) is 0 Å². The third-order valence-corrected chi connectivity index (χ3v) is 2.94. The fourth-order valence-electron chi connectivity index (χ4n) is 1.62. The Morgan fingerprint density at radius 2 is 1.78 bits per heavy atom. The zero-order valence-electron chi connectivity index (χ0n) is 13.7. The van der Waals surface area contributed by atoms with E-state index in [9.17, 15) is 8.78 Å². The number of hydrogen-bond donors (Lipinski definition) is 2. The first-order chi connectivity index (χ1) is 11.0. The summed E-state index contributed by atoms with van der Waals surface area (Å²) in [7, 11) is 0. The van der Waals surface area contributed by atoms with Crippen molar-refractivity contribution in [3.63, 3.8) is 0 Å². The number of hydrogen-bond acceptors (Lipinski definition) is 1. The normalized spacial score (nSPS) is 11.1. The lowest BCUT2D eigenvalue weighted by Gasteiger charge is -2.08. The molecule has 3 nitrogen and oxygen atoms in total. The second kappa shape index (κ2) is 13.5. The first-order valence-electron chi connectivity index (χ1n) is 6.66. The van der Waals surface area contributed by atoms with Crippen molar-refractivity contribution in [3.8, 4) is 0 Å². The number of aromatic nitrogens is 2. The maximum absolute atomic E-state index is 13.6. The van der Waals surface area contributed by atoms with Gasteiger partial charge in [-0.2, -0.15) is 0 Å². The number of carbonyl (C=O) groups is 1. The number of nitrogens with one attached hydrogen (secondary N) is 2. The number of rotatable bonds is 3. The average molecular weight is 345 g/mol. The van der Waals surface area contributed by atoms with Gasteiger partial charge in [-0.05, 0) is 38.0 Å². The van der Waals surface area contributed by atoms with Crippen LogP contribution in [0.2, 0.25) is 5.02 Å². The van der Waals surface area contributed by atoms with Crippen LogP contribution in [-0.2, 0) is 11.2 Å². The van der Waals surface area contributed by atoms with Gasteiger partial charge in [0, 0.05) is 24.4 Å². The zero-order valence-corrected chi connectivity index (χ0v) is 14.4. The lowest BCUT2D eigenvalue weighted by molar-refractivity contribution is -0.0979. The first kappa shape index (κ1) is 23.1. The summed E-state index contributed by atoms with van der Waals surface area (Å²) in [6.45, 7) is 12.6. The molecule has 0 atom stereocenters. The van der Waals surface area contributed by atoms with Crippen LogP contribution in [-0.4, -0.2) is 17.0 Å². The van der Waals surface area contributed by atoms with Crippen molar-refractivity contribution in [3.05, 3.63) is 71.1 Å². The predicted octanol–water partition coefficient (Wildman–Crippen LogP) is 5.71. The van der Waals surface area contributed by atoms with Crippen molar-refractivity contribution in [2.45, 2.75) is 27.2 Å². The monoisotopic (exact) mass is 344 g/mol. The molecule has 0 radical (unpaired) electrons. The van der Waals surface area contributed by atoms with E-state index in [1.165, 1.54) is 19.9 Å². The Kier molecular flexibility index (Phi) is 13.6. The molecule has 6 heteroatoms. The standard InChI is InChI=1S/C14H17ClF2N2.C2H4.CH2O/c1-4-14(17)13(10(3)16)6-11-7-18-19-8-12(15)5-9(11)2;2*1-2/h4-5,7-8,18-19H,6H2,1-3H3;1-2H2;1H2/b9-5?,11-7?,12-8?,13-10+,14-4+;;. The highest BCUT2D eigenvalue weighted by Crippen LogP contribution is 2.23. The summed E-state index contributed by atoms with van der Waals surface area (Å²) in [6, 6.07) is 1.74. The van der Waals surface area contributed by atoms with Gasteiger partial charge in [-0.1, -0.05) is 17.7 Å². The minimum Gasteiger partial charge on any atom is -0.308 e. The van der Waals surface area contributed by atoms with Gasteiger partial charge in [-0.15, -0.1) is 13.2 Å². The van der Waals surface area contributed by atoms with Crippen molar-refractivity contribution in [2.24, 2.45) is 0 Å². The van der Waals surface area contributed by atoms with E-state index in [1.807, 2.05) is 13.7 Å². The molecule has 0 amide bonds. The molecule has 0 spiro atoms. The topological polar surface area (TPSA) is 48.6 Å². The van der Waals surface area contributed by atoms with Crippen LogP contribution >= 0.6 is 11.6 Å². The predicted molar refractivity (Wildman–Crippen MR) is 93.3 cm³/mol. The fraction of sp³-hybridized carbons (Fsp3) is 0.235. The van der Waals surface area contributed by atoms with Crippen LogP contribution in [0.1, 0.15) is 25.0 Å². The minimum absolute atomic E-state index is 0.0453. The van der Waals surface area contributed by atoms with Crippen LogP contribution in [0.3, 0.4) is 0 Å². The van der Waals surface area contributed by atoms with E-state index in [0.717, 1.165) is 11.1 Å². The molecule has 1 heterocycles. The zero-order chi connectivity index (χ0) is 18.4. The maximum Gasteiger partial charge on any atom is 0.125 e. The molecular formula is C17H23ClF2N2O. The van der Waals surface area contributed by atoms with Gasteiger partial charge in [-0.3, -0.25) is 0 Å². The number of aromatic amines is 2. The summed E-state index contributed by atoms with van der Waals surface area (Å²) in [5.41, 5.74) is 1.64. The van der Waals surface area contributed by atoms with Gasteiger partial charge in [0.25, 0.3) is 0 Å². The van der Waals surface area contributed by atoms with E-state index >= 15 is 0 Å². The molecule has 0 aromatic carbocycles. The molecule has 0 aliphatic carbocycles. The Morgan fingerprint density at radius 3 is 2.26 bits per heavy atom. The Bertz CT molecular complexity index is 581. The van der Waals surface area contributed by atoms with E-state index < -0.39 is 11.7 Å². The Balaban J connectivity index is 0. The van der Waals surface area contributed by atoms with Gasteiger partial charge in [0.2, 0.25) is 0 Å². The molecule has 0 saturated heterocycles. The van der Waals surface area contributed by atoms with E-state index in [4.69, 9.17) is 16.4 Å². The summed E-state index contributed by atoms with van der Waals surface area (Å²) >= 11 is 5.93. The highest BCUT2D eigenvalue weighted by molar-refractivity contribution is 6.30. The molecule has 2 N–H and O–H groups in total. The largest absolute Gasteiger partial charge is 0.308 e. The van der Waals surface area contributed by atoms with Gasteiger partial charge in [-0.25, -0.2) is 8.78 Å². The molecule has 23 heavy (non-hydrogen) atoms. The van der Waals surface area contributed by atoms with E-state index in [-0.39, 0.29) is 12.0 Å². The summed E-state index contributed by atoms with van der Waals surface area (Å²) in [6.07, 6.45) is 4.65. The summed E-state index contributed by atoms with van der Waals surface area (Å²) in [5.74, 6) is -1.08. The minimum atomic E-state index is -0.551. The van der Waals surface area contributed by atoms with E-state index in [0.29, 0.717) is 5.02 Å². The number of aryl methyl sites for hydroxylation is 1. The molecule has 1 aromatic rings. The van der Waals surface area contributed by atoms with Crippen molar-refractivity contribution < 1.29 is 13.6 Å². The number of carbonyl (C=O) groups excluding carboxylic acids is 1. The maximum atomic E-state index is 13.6. The van der Waals surface area contributed by atoms with Crippen molar-refractivity contribution in [1.29, 1.82) is 0 Å². The van der Waals surface area contributed by atoms with Crippen LogP contribution < -0.4 is 0 Å². The lowest BCUT2D eigenvalue weighted by Crippen LogP contribution is -1.97. The smallest absolute Gasteiger partial charge is 0.125 e. The fourth-order valence-corrected chi connectivity index (χ4v) is 1.84. The SMILES string of the molecule is C/C=C(F)\C(Cc1c[nH][nH]cc(Cl)cc1C)=C(/C)F.C=C.C=O. The summed E-state index contributed by atoms with van der Waals surface area (Å²) in [4.78, 5) is 8.00. The van der Waals surface area contributed by atoms with Crippen LogP contribution in [0.4, 0.5) is 8.78 Å². The van der Waals surface area contributed by atoms with Crippen LogP contribution in [0.15, 0.2) is 54.9 Å². The molecule has 0 bridgehead atoms. The molecular weight excluding hydrogens is 322 g/mol. The first-order valence-corrected chi connectivity index (χ1v) is 7.04. The van der Waals surface area contributed by atoms with Gasteiger partial charge < -0.3 is 15.0 Å². The Morgan fingerprint density at radius 1 is 1.26 bits per heavy atom. The highest BCUT2D eigenvalue weighted by Gasteiger charge is 2.10. The van der Waals surface area contributed by atoms with Crippen LogP contribution in [0.5, 0.6) is 0 Å². The third kappa shape index (κ3) is 8.78. The molecule has 0 unspecified atom stereocenters. The van der Waals surface area contributed by atoms with Gasteiger partial charge in [0.05, 0.1) is 5.02 Å². The lowest BCUT2D eigenvalue weighted by atomic mass is 10.0. The summed E-state index contributed by atoms with van der Waals surface area (Å²) < 4.78 is 27.1. The summed E-state index contributed by atoms with van der Waals surface area (Å²) in [5, 5.41) is 6.05. The Hall–Kier alpha value is -2.14. The molecule has 0 fully saturated rings. The molecule has 1 aromatic heterocycles. The Labute approximate surface area is 141 Å². The molecule has 0 saturated carbocycles. The van der Waals surface area contributed by atoms with Gasteiger partial charge in [0.1, 0.15) is 18.4 Å². The second-order valence-electron chi connectivity index (χ2n) is 4.14.